The number of pyridine rings is 1. The highest BCUT2D eigenvalue weighted by Crippen LogP contribution is 2.26. The molecule has 2 aromatic rings. The molecule has 0 saturated heterocycles. The molecular formula is C13H17N5O2. The van der Waals surface area contributed by atoms with E-state index >= 15 is 0 Å². The monoisotopic (exact) mass is 275 g/mol. The SMILES string of the molecule is CCn1cc(Oc2nc(C)cc(C)c2/C(N)=N/O)cn1. The third-order valence-corrected chi connectivity index (χ3v) is 2.82. The summed E-state index contributed by atoms with van der Waals surface area (Å²) in [6.07, 6.45) is 3.36. The predicted molar refractivity (Wildman–Crippen MR) is 74.2 cm³/mol. The molecule has 2 aromatic heterocycles. The molecule has 0 amide bonds. The van der Waals surface area contributed by atoms with Gasteiger partial charge in [0.15, 0.2) is 11.6 Å². The van der Waals surface area contributed by atoms with Crippen LogP contribution in [0.3, 0.4) is 0 Å². The van der Waals surface area contributed by atoms with E-state index in [0.717, 1.165) is 17.8 Å². The van der Waals surface area contributed by atoms with Gasteiger partial charge in [-0.3, -0.25) is 4.68 Å². The largest absolute Gasteiger partial charge is 0.435 e. The second-order valence-corrected chi connectivity index (χ2v) is 4.38. The number of hydrogen-bond donors (Lipinski definition) is 2. The fourth-order valence-electron chi connectivity index (χ4n) is 1.92. The highest BCUT2D eigenvalue weighted by Gasteiger charge is 2.16. The van der Waals surface area contributed by atoms with Gasteiger partial charge < -0.3 is 15.7 Å². The first kappa shape index (κ1) is 13.9. The van der Waals surface area contributed by atoms with Crippen molar-refractivity contribution in [1.82, 2.24) is 14.8 Å². The van der Waals surface area contributed by atoms with Crippen molar-refractivity contribution in [2.75, 3.05) is 0 Å². The van der Waals surface area contributed by atoms with Gasteiger partial charge in [0, 0.05) is 12.2 Å². The molecule has 7 nitrogen and oxygen atoms in total. The zero-order chi connectivity index (χ0) is 14.7. The van der Waals surface area contributed by atoms with Crippen molar-refractivity contribution in [2.45, 2.75) is 27.3 Å². The lowest BCUT2D eigenvalue weighted by Crippen LogP contribution is -2.17. The second-order valence-electron chi connectivity index (χ2n) is 4.38. The second kappa shape index (κ2) is 5.60. The third kappa shape index (κ3) is 2.71. The summed E-state index contributed by atoms with van der Waals surface area (Å²) in [5.41, 5.74) is 7.78. The number of aryl methyl sites for hydroxylation is 3. The topological polar surface area (TPSA) is 98.6 Å². The molecule has 0 unspecified atom stereocenters. The molecule has 0 aliphatic carbocycles. The molecule has 0 aliphatic heterocycles. The van der Waals surface area contributed by atoms with Gasteiger partial charge in [-0.1, -0.05) is 5.16 Å². The normalized spacial score (nSPS) is 11.7. The average molecular weight is 275 g/mol. The number of nitrogens with two attached hydrogens (primary N) is 1. The van der Waals surface area contributed by atoms with Crippen LogP contribution >= 0.6 is 0 Å². The number of oxime groups is 1. The first-order valence-electron chi connectivity index (χ1n) is 6.21. The molecule has 2 rings (SSSR count). The van der Waals surface area contributed by atoms with Gasteiger partial charge in [0.25, 0.3) is 0 Å². The van der Waals surface area contributed by atoms with Crippen molar-refractivity contribution in [3.63, 3.8) is 0 Å². The summed E-state index contributed by atoms with van der Waals surface area (Å²) in [7, 11) is 0. The van der Waals surface area contributed by atoms with E-state index in [1.165, 1.54) is 0 Å². The molecule has 20 heavy (non-hydrogen) atoms. The minimum atomic E-state index is -0.0344. The van der Waals surface area contributed by atoms with Gasteiger partial charge in [0.2, 0.25) is 5.88 Å². The van der Waals surface area contributed by atoms with E-state index in [4.69, 9.17) is 15.7 Å². The minimum Gasteiger partial charge on any atom is -0.435 e. The molecule has 0 aromatic carbocycles. The van der Waals surface area contributed by atoms with E-state index in [0.29, 0.717) is 17.2 Å². The van der Waals surface area contributed by atoms with Gasteiger partial charge in [-0.05, 0) is 32.4 Å². The van der Waals surface area contributed by atoms with Crippen LogP contribution in [0.1, 0.15) is 23.7 Å². The molecule has 0 saturated carbocycles. The Morgan fingerprint density at radius 3 is 2.85 bits per heavy atom. The molecule has 0 aliphatic rings. The Morgan fingerprint density at radius 1 is 1.50 bits per heavy atom. The van der Waals surface area contributed by atoms with Crippen molar-refractivity contribution in [2.24, 2.45) is 10.9 Å². The molecule has 106 valence electrons. The Morgan fingerprint density at radius 2 is 2.25 bits per heavy atom. The lowest BCUT2D eigenvalue weighted by Gasteiger charge is -2.11. The number of amidine groups is 1. The van der Waals surface area contributed by atoms with Crippen LogP contribution < -0.4 is 10.5 Å². The van der Waals surface area contributed by atoms with Gasteiger partial charge in [-0.25, -0.2) is 4.98 Å². The van der Waals surface area contributed by atoms with Crippen molar-refractivity contribution in [1.29, 1.82) is 0 Å². The minimum absolute atomic E-state index is 0.0344. The standard InChI is InChI=1S/C13H17N5O2/c1-4-18-7-10(6-15-18)20-13-11(12(14)17-19)8(2)5-9(3)16-13/h5-7,19H,4H2,1-3H3,(H2,14,17). The lowest BCUT2D eigenvalue weighted by atomic mass is 10.1. The summed E-state index contributed by atoms with van der Waals surface area (Å²) >= 11 is 0. The quantitative estimate of drug-likeness (QED) is 0.383. The van der Waals surface area contributed by atoms with Crippen LogP contribution in [0.4, 0.5) is 0 Å². The smallest absolute Gasteiger partial charge is 0.231 e. The zero-order valence-electron chi connectivity index (χ0n) is 11.7. The Bertz CT molecular complexity index is 648. The van der Waals surface area contributed by atoms with Gasteiger partial charge >= 0.3 is 0 Å². The Kier molecular flexibility index (Phi) is 3.88. The predicted octanol–water partition coefficient (Wildman–Crippen LogP) is 1.80. The molecule has 2 heterocycles. The van der Waals surface area contributed by atoms with E-state index in [-0.39, 0.29) is 5.84 Å². The van der Waals surface area contributed by atoms with E-state index in [2.05, 4.69) is 15.2 Å². The fourth-order valence-corrected chi connectivity index (χ4v) is 1.92. The van der Waals surface area contributed by atoms with E-state index in [9.17, 15) is 0 Å². The fraction of sp³-hybridized carbons (Fsp3) is 0.308. The molecule has 7 heteroatoms. The molecule has 0 bridgehead atoms. The van der Waals surface area contributed by atoms with Gasteiger partial charge in [-0.2, -0.15) is 5.10 Å². The highest BCUT2D eigenvalue weighted by molar-refractivity contribution is 6.00. The first-order valence-corrected chi connectivity index (χ1v) is 6.21. The van der Waals surface area contributed by atoms with E-state index in [1.807, 2.05) is 26.8 Å². The Balaban J connectivity index is 2.44. The molecule has 3 N–H and O–H groups in total. The van der Waals surface area contributed by atoms with Crippen LogP contribution in [0.15, 0.2) is 23.6 Å². The van der Waals surface area contributed by atoms with Crippen molar-refractivity contribution >= 4 is 5.84 Å². The van der Waals surface area contributed by atoms with Crippen LogP contribution in [-0.2, 0) is 6.54 Å². The maximum Gasteiger partial charge on any atom is 0.231 e. The van der Waals surface area contributed by atoms with Crippen LogP contribution in [0.2, 0.25) is 0 Å². The molecular weight excluding hydrogens is 258 g/mol. The first-order chi connectivity index (χ1) is 9.55. The number of rotatable bonds is 4. The average Bonchev–Trinajstić information content (AvgIpc) is 2.85. The Hall–Kier alpha value is -2.57. The van der Waals surface area contributed by atoms with E-state index < -0.39 is 0 Å². The zero-order valence-corrected chi connectivity index (χ0v) is 11.7. The number of ether oxygens (including phenoxy) is 1. The summed E-state index contributed by atoms with van der Waals surface area (Å²) in [6.45, 7) is 6.43. The highest BCUT2D eigenvalue weighted by atomic mass is 16.5. The Labute approximate surface area is 116 Å². The van der Waals surface area contributed by atoms with Crippen LogP contribution in [-0.4, -0.2) is 25.8 Å². The van der Waals surface area contributed by atoms with Crippen LogP contribution in [0.25, 0.3) is 0 Å². The maximum atomic E-state index is 8.88. The maximum absolute atomic E-state index is 8.88. The van der Waals surface area contributed by atoms with E-state index in [1.54, 1.807) is 17.1 Å². The lowest BCUT2D eigenvalue weighted by molar-refractivity contribution is 0.318. The summed E-state index contributed by atoms with van der Waals surface area (Å²) in [5.74, 6) is 0.817. The summed E-state index contributed by atoms with van der Waals surface area (Å²) < 4.78 is 7.45. The number of nitrogens with zero attached hydrogens (tertiary/aromatic N) is 4. The van der Waals surface area contributed by atoms with Crippen molar-refractivity contribution in [3.05, 3.63) is 35.3 Å². The van der Waals surface area contributed by atoms with Crippen molar-refractivity contribution < 1.29 is 9.94 Å². The molecule has 0 atom stereocenters. The van der Waals surface area contributed by atoms with Gasteiger partial charge in [-0.15, -0.1) is 0 Å². The van der Waals surface area contributed by atoms with Gasteiger partial charge in [0.05, 0.1) is 18.0 Å². The number of aromatic nitrogens is 3. The van der Waals surface area contributed by atoms with Crippen LogP contribution in [0, 0.1) is 13.8 Å². The van der Waals surface area contributed by atoms with Gasteiger partial charge in [0.1, 0.15) is 0 Å². The third-order valence-electron chi connectivity index (χ3n) is 2.82. The summed E-state index contributed by atoms with van der Waals surface area (Å²) in [6, 6.07) is 1.84. The molecule has 0 fully saturated rings. The summed E-state index contributed by atoms with van der Waals surface area (Å²) in [5, 5.41) is 16.0. The van der Waals surface area contributed by atoms with Crippen molar-refractivity contribution in [3.8, 4) is 11.6 Å². The van der Waals surface area contributed by atoms with Crippen LogP contribution in [0.5, 0.6) is 11.6 Å². The molecule has 0 radical (unpaired) electrons. The molecule has 0 spiro atoms. The number of hydrogen-bond acceptors (Lipinski definition) is 5. The summed E-state index contributed by atoms with van der Waals surface area (Å²) in [4.78, 5) is 4.30.